The van der Waals surface area contributed by atoms with Crippen LogP contribution in [0.5, 0.6) is 0 Å². The Labute approximate surface area is 209 Å². The van der Waals surface area contributed by atoms with E-state index >= 15 is 0 Å². The topological polar surface area (TPSA) is 44.1 Å². The van der Waals surface area contributed by atoms with Crippen LogP contribution >= 0.6 is 0 Å². The average Bonchev–Trinajstić information content (AvgIpc) is 2.87. The zero-order chi connectivity index (χ0) is 25.0. The van der Waals surface area contributed by atoms with Crippen molar-refractivity contribution in [3.8, 4) is 6.07 Å². The van der Waals surface area contributed by atoms with Crippen molar-refractivity contribution >= 4 is 39.3 Å². The maximum Gasteiger partial charge on any atom is 0.290 e. The van der Waals surface area contributed by atoms with Gasteiger partial charge in [0.1, 0.15) is 6.07 Å². The van der Waals surface area contributed by atoms with Crippen LogP contribution < -0.4 is 16.4 Å². The molecule has 5 heteroatoms. The van der Waals surface area contributed by atoms with Crippen molar-refractivity contribution in [1.82, 2.24) is 4.90 Å². The summed E-state index contributed by atoms with van der Waals surface area (Å²) in [7, 11) is 3.18. The van der Waals surface area contributed by atoms with Crippen LogP contribution in [-0.2, 0) is 15.7 Å². The maximum absolute atomic E-state index is 11.2. The fraction of sp³-hybridized carbons (Fsp3) is 0.310. The number of nitriles is 1. The number of benzene rings is 3. The van der Waals surface area contributed by atoms with Crippen LogP contribution in [-0.4, -0.2) is 48.8 Å². The van der Waals surface area contributed by atoms with Gasteiger partial charge >= 0.3 is 0 Å². The highest BCUT2D eigenvalue weighted by Gasteiger charge is 2.31. The van der Waals surface area contributed by atoms with Crippen molar-refractivity contribution in [3.05, 3.63) is 91.0 Å². The van der Waals surface area contributed by atoms with Crippen molar-refractivity contribution < 1.29 is 4.79 Å². The van der Waals surface area contributed by atoms with Crippen LogP contribution in [0.4, 0.5) is 0 Å². The lowest BCUT2D eigenvalue weighted by Crippen LogP contribution is -2.66. The van der Waals surface area contributed by atoms with Crippen LogP contribution in [0, 0.1) is 11.3 Å². The molecule has 0 saturated heterocycles. The number of unbranched alkanes of at least 4 members (excludes halogenated alkanes) is 1. The van der Waals surface area contributed by atoms with Crippen LogP contribution in [0.15, 0.2) is 91.0 Å². The molecular formula is C29H37BN2OS. The first-order valence-corrected chi connectivity index (χ1v) is 14.0. The molecule has 0 radical (unpaired) electrons. The van der Waals surface area contributed by atoms with Crippen LogP contribution in [0.25, 0.3) is 0 Å². The monoisotopic (exact) mass is 472 g/mol. The minimum atomic E-state index is -0.913. The smallest absolute Gasteiger partial charge is 0.290 e. The third-order valence-electron chi connectivity index (χ3n) is 6.35. The Balaban J connectivity index is 0.000000316. The summed E-state index contributed by atoms with van der Waals surface area (Å²) in [5, 5.41) is 8.16. The van der Waals surface area contributed by atoms with Gasteiger partial charge in [0.05, 0.1) is 18.7 Å². The molecule has 0 heterocycles. The summed E-state index contributed by atoms with van der Waals surface area (Å²) in [5.41, 5.74) is 4.33. The fourth-order valence-electron chi connectivity index (χ4n) is 4.53. The predicted molar refractivity (Wildman–Crippen MR) is 151 cm³/mol. The average molecular weight is 473 g/mol. The molecule has 0 aromatic heterocycles. The third kappa shape index (κ3) is 6.78. The molecule has 0 aliphatic heterocycles. The summed E-state index contributed by atoms with van der Waals surface area (Å²) in [6.07, 6.45) is 6.52. The molecule has 0 aliphatic rings. The zero-order valence-corrected chi connectivity index (χ0v) is 22.0. The van der Waals surface area contributed by atoms with Crippen molar-refractivity contribution in [2.45, 2.75) is 31.3 Å². The molecule has 0 spiro atoms. The van der Waals surface area contributed by atoms with E-state index in [1.54, 1.807) is 14.1 Å². The van der Waals surface area contributed by atoms with E-state index in [2.05, 4.69) is 97.9 Å². The van der Waals surface area contributed by atoms with E-state index < -0.39 is 11.4 Å². The first-order valence-electron chi connectivity index (χ1n) is 11.9. The molecule has 178 valence electrons. The van der Waals surface area contributed by atoms with Crippen molar-refractivity contribution in [3.63, 3.8) is 0 Å². The second-order valence-electron chi connectivity index (χ2n) is 9.04. The van der Waals surface area contributed by atoms with Crippen molar-refractivity contribution in [2.24, 2.45) is 0 Å². The van der Waals surface area contributed by atoms with E-state index in [9.17, 15) is 4.79 Å². The van der Waals surface area contributed by atoms with Gasteiger partial charge in [-0.1, -0.05) is 111 Å². The molecule has 3 aromatic carbocycles. The number of hydrogen-bond acceptors (Lipinski definition) is 2. The lowest BCUT2D eigenvalue weighted by molar-refractivity contribution is -0.127. The molecule has 34 heavy (non-hydrogen) atoms. The van der Waals surface area contributed by atoms with Gasteiger partial charge in [0.25, 0.3) is 11.2 Å². The maximum atomic E-state index is 11.2. The highest BCUT2D eigenvalue weighted by atomic mass is 32.2. The Bertz CT molecular complexity index is 937. The lowest BCUT2D eigenvalue weighted by Gasteiger charge is -2.43. The normalized spacial score (nSPS) is 11.7. The third-order valence-corrected chi connectivity index (χ3v) is 7.60. The Kier molecular flexibility index (Phi) is 11.0. The molecule has 0 aliphatic carbocycles. The molecule has 3 rings (SSSR count). The predicted octanol–water partition coefficient (Wildman–Crippen LogP) is 3.80. The van der Waals surface area contributed by atoms with Gasteiger partial charge in [-0.2, -0.15) is 28.0 Å². The van der Waals surface area contributed by atoms with Gasteiger partial charge < -0.3 is 4.90 Å². The number of nitrogens with zero attached hydrogens (tertiary/aromatic N) is 2. The Hall–Kier alpha value is -2.97. The molecule has 1 atom stereocenters. The van der Waals surface area contributed by atoms with Gasteiger partial charge in [0.2, 0.25) is 0 Å². The summed E-state index contributed by atoms with van der Waals surface area (Å²) < 4.78 is 0. The van der Waals surface area contributed by atoms with Gasteiger partial charge in [-0.05, 0) is 0 Å². The molecule has 0 N–H and O–H groups in total. The standard InChI is InChI=1S/C22H24B.C7H13N2OS/c1-2-3-19-23(20-13-7-4-8-14-20,21-15-9-5-10-16-21)22-17-11-6-12-18-22;1-9(2)7(10)6(5-8)11(3)4/h4-18H,2-3,19H2,1H3;6H,1-4H3/q-1;+1. The molecular weight excluding hydrogens is 435 g/mol. The van der Waals surface area contributed by atoms with Crippen molar-refractivity contribution in [1.29, 1.82) is 5.26 Å². The van der Waals surface area contributed by atoms with Gasteiger partial charge in [-0.25, -0.2) is 0 Å². The van der Waals surface area contributed by atoms with E-state index in [0.29, 0.717) is 0 Å². The zero-order valence-electron chi connectivity index (χ0n) is 21.1. The quantitative estimate of drug-likeness (QED) is 0.370. The Morgan fingerprint density at radius 1 is 0.853 bits per heavy atom. The highest BCUT2D eigenvalue weighted by molar-refractivity contribution is 7.97. The first kappa shape index (κ1) is 27.3. The minimum Gasteiger partial charge on any atom is -0.343 e. The molecule has 1 amide bonds. The summed E-state index contributed by atoms with van der Waals surface area (Å²) >= 11 is 0. The number of carbonyl (C=O) groups excluding carboxylic acids is 1. The fourth-order valence-corrected chi connectivity index (χ4v) is 5.35. The van der Waals surface area contributed by atoms with Gasteiger partial charge in [0.15, 0.2) is 0 Å². The SMILES string of the molecule is CCCC[B-](c1ccccc1)(c1ccccc1)c1ccccc1.CN(C)C(=O)C(C#N)[S+](C)C. The van der Waals surface area contributed by atoms with Crippen LogP contribution in [0.2, 0.25) is 6.32 Å². The summed E-state index contributed by atoms with van der Waals surface area (Å²) in [6, 6.07) is 35.2. The highest BCUT2D eigenvalue weighted by Crippen LogP contribution is 2.16. The largest absolute Gasteiger partial charge is 0.343 e. The van der Waals surface area contributed by atoms with Gasteiger partial charge in [-0.3, -0.25) is 4.79 Å². The van der Waals surface area contributed by atoms with E-state index in [0.717, 1.165) is 0 Å². The number of rotatable bonds is 8. The first-order chi connectivity index (χ1) is 16.4. The number of hydrogen-bond donors (Lipinski definition) is 0. The lowest BCUT2D eigenvalue weighted by atomic mass is 9.14. The molecule has 0 saturated carbocycles. The second-order valence-corrected chi connectivity index (χ2v) is 11.3. The van der Waals surface area contributed by atoms with Gasteiger partial charge in [-0.15, -0.1) is 0 Å². The second kappa shape index (κ2) is 13.7. The Morgan fingerprint density at radius 3 is 1.47 bits per heavy atom. The Morgan fingerprint density at radius 2 is 1.24 bits per heavy atom. The molecule has 3 nitrogen and oxygen atoms in total. The van der Waals surface area contributed by atoms with Gasteiger partial charge in [0, 0.05) is 25.0 Å². The van der Waals surface area contributed by atoms with Crippen LogP contribution in [0.3, 0.4) is 0 Å². The number of amides is 1. The number of carbonyl (C=O) groups is 1. The molecule has 0 bridgehead atoms. The summed E-state index contributed by atoms with van der Waals surface area (Å²) in [5.74, 6) is -0.0965. The van der Waals surface area contributed by atoms with Crippen molar-refractivity contribution in [2.75, 3.05) is 26.6 Å². The summed E-state index contributed by atoms with van der Waals surface area (Å²) in [6.45, 7) is 2.28. The molecule has 1 unspecified atom stereocenters. The minimum absolute atomic E-state index is 0.0965. The van der Waals surface area contributed by atoms with E-state index in [1.165, 1.54) is 40.5 Å². The van der Waals surface area contributed by atoms with Crippen LogP contribution in [0.1, 0.15) is 19.8 Å². The van der Waals surface area contributed by atoms with E-state index in [1.807, 2.05) is 18.6 Å². The van der Waals surface area contributed by atoms with E-state index in [-0.39, 0.29) is 16.8 Å². The molecule has 0 fully saturated rings. The molecule has 3 aromatic rings. The summed E-state index contributed by atoms with van der Waals surface area (Å²) in [4.78, 5) is 12.7. The van der Waals surface area contributed by atoms with E-state index in [4.69, 9.17) is 5.26 Å².